The van der Waals surface area contributed by atoms with E-state index in [2.05, 4.69) is 52.6 Å². The van der Waals surface area contributed by atoms with Gasteiger partial charge >= 0.3 is 0 Å². The summed E-state index contributed by atoms with van der Waals surface area (Å²) in [4.78, 5) is 18.4. The summed E-state index contributed by atoms with van der Waals surface area (Å²) in [5.41, 5.74) is 6.81. The summed E-state index contributed by atoms with van der Waals surface area (Å²) in [7, 11) is 0. The van der Waals surface area contributed by atoms with Crippen molar-refractivity contribution in [3.05, 3.63) is 71.8 Å². The van der Waals surface area contributed by atoms with Crippen LogP contribution in [0.2, 0.25) is 0 Å². The first-order valence-corrected chi connectivity index (χ1v) is 9.17. The zero-order valence-corrected chi connectivity index (χ0v) is 16.2. The predicted molar refractivity (Wildman–Crippen MR) is 110 cm³/mol. The van der Waals surface area contributed by atoms with Gasteiger partial charge in [-0.15, -0.1) is 0 Å². The molecule has 0 aromatic carbocycles. The van der Waals surface area contributed by atoms with Crippen molar-refractivity contribution in [2.75, 3.05) is 0 Å². The molecule has 5 heteroatoms. The van der Waals surface area contributed by atoms with Crippen molar-refractivity contribution >= 4 is 12.2 Å². The molecule has 3 aromatic rings. The molecule has 3 rings (SSSR count). The van der Waals surface area contributed by atoms with E-state index < -0.39 is 0 Å². The Labute approximate surface area is 160 Å². The number of nitrogens with zero attached hydrogens (tertiary/aromatic N) is 5. The van der Waals surface area contributed by atoms with Gasteiger partial charge in [0, 0.05) is 35.9 Å². The highest BCUT2D eigenvalue weighted by Crippen LogP contribution is 2.25. The van der Waals surface area contributed by atoms with Crippen molar-refractivity contribution in [2.45, 2.75) is 40.2 Å². The Morgan fingerprint density at radius 3 is 2.48 bits per heavy atom. The van der Waals surface area contributed by atoms with E-state index in [-0.39, 0.29) is 0 Å². The summed E-state index contributed by atoms with van der Waals surface area (Å²) in [5.74, 6) is 0.982. The molecule has 5 nitrogen and oxygen atoms in total. The van der Waals surface area contributed by atoms with Crippen LogP contribution in [0, 0.1) is 13.8 Å². The van der Waals surface area contributed by atoms with Crippen molar-refractivity contribution in [1.82, 2.24) is 24.5 Å². The van der Waals surface area contributed by atoms with Gasteiger partial charge in [0.15, 0.2) is 0 Å². The lowest BCUT2D eigenvalue weighted by Crippen LogP contribution is -2.03. The van der Waals surface area contributed by atoms with Crippen LogP contribution < -0.4 is 0 Å². The van der Waals surface area contributed by atoms with Crippen LogP contribution in [-0.4, -0.2) is 24.5 Å². The third kappa shape index (κ3) is 3.72. The third-order valence-electron chi connectivity index (χ3n) is 4.77. The molecule has 0 spiro atoms. The van der Waals surface area contributed by atoms with Crippen LogP contribution in [0.4, 0.5) is 0 Å². The first-order chi connectivity index (χ1) is 13.1. The highest BCUT2D eigenvalue weighted by Gasteiger charge is 2.16. The summed E-state index contributed by atoms with van der Waals surface area (Å²) in [5, 5.41) is 0. The number of aryl methyl sites for hydroxylation is 3. The Morgan fingerprint density at radius 1 is 1.04 bits per heavy atom. The van der Waals surface area contributed by atoms with Gasteiger partial charge in [-0.3, -0.25) is 9.97 Å². The first kappa shape index (κ1) is 18.7. The molecular weight excluding hydrogens is 334 g/mol. The number of hydrogen-bond acceptors (Lipinski definition) is 4. The number of pyridine rings is 1. The van der Waals surface area contributed by atoms with Gasteiger partial charge in [-0.1, -0.05) is 13.2 Å². The van der Waals surface area contributed by atoms with Crippen molar-refractivity contribution in [1.29, 1.82) is 0 Å². The summed E-state index contributed by atoms with van der Waals surface area (Å²) < 4.78 is 2.25. The van der Waals surface area contributed by atoms with Gasteiger partial charge in [0.25, 0.3) is 0 Å². The lowest BCUT2D eigenvalue weighted by Gasteiger charge is -2.08. The molecule has 0 aliphatic rings. The Morgan fingerprint density at radius 2 is 1.81 bits per heavy atom. The Bertz CT molecular complexity index is 984. The average Bonchev–Trinajstić information content (AvgIpc) is 3.01. The van der Waals surface area contributed by atoms with Crippen molar-refractivity contribution in [3.8, 4) is 11.4 Å². The van der Waals surface area contributed by atoms with E-state index in [4.69, 9.17) is 4.98 Å². The molecule has 0 unspecified atom stereocenters. The van der Waals surface area contributed by atoms with Gasteiger partial charge < -0.3 is 4.57 Å². The number of hydrogen-bond donors (Lipinski definition) is 0. The second-order valence-corrected chi connectivity index (χ2v) is 6.39. The molecule has 0 N–H and O–H groups in total. The van der Waals surface area contributed by atoms with Crippen LogP contribution in [0.3, 0.4) is 0 Å². The molecule has 0 atom stereocenters. The normalized spacial score (nSPS) is 10.8. The Hall–Kier alpha value is -3.08. The highest BCUT2D eigenvalue weighted by atomic mass is 15.1. The zero-order valence-electron chi connectivity index (χ0n) is 16.2. The maximum absolute atomic E-state index is 4.94. The van der Waals surface area contributed by atoms with Gasteiger partial charge in [0.05, 0.1) is 22.8 Å². The number of rotatable bonds is 7. The van der Waals surface area contributed by atoms with E-state index in [0.29, 0.717) is 0 Å². The molecule has 0 saturated heterocycles. The van der Waals surface area contributed by atoms with Crippen LogP contribution in [0.15, 0.2) is 37.7 Å². The molecule has 0 saturated carbocycles. The summed E-state index contributed by atoms with van der Waals surface area (Å²) in [6.45, 7) is 14.7. The molecule has 0 amide bonds. The maximum Gasteiger partial charge on any atom is 0.142 e. The largest absolute Gasteiger partial charge is 0.328 e. The lowest BCUT2D eigenvalue weighted by atomic mass is 10.1. The molecule has 0 radical (unpaired) electrons. The summed E-state index contributed by atoms with van der Waals surface area (Å²) in [6, 6.07) is 4.04. The van der Waals surface area contributed by atoms with E-state index in [1.165, 1.54) is 5.69 Å². The minimum absolute atomic E-state index is 0.759. The Balaban J connectivity index is 1.89. The number of imidazole rings is 1. The zero-order chi connectivity index (χ0) is 19.4. The minimum atomic E-state index is 0.759. The van der Waals surface area contributed by atoms with Gasteiger partial charge in [0.1, 0.15) is 5.82 Å². The molecule has 138 valence electrons. The fourth-order valence-corrected chi connectivity index (χ4v) is 3.26. The molecular formula is C22H25N5. The van der Waals surface area contributed by atoms with Crippen LogP contribution in [0.1, 0.15) is 41.1 Å². The highest BCUT2D eigenvalue weighted by molar-refractivity contribution is 5.59. The van der Waals surface area contributed by atoms with Crippen LogP contribution in [0.5, 0.6) is 0 Å². The fraction of sp³-hybridized carbons (Fsp3) is 0.273. The summed E-state index contributed by atoms with van der Waals surface area (Å²) >= 11 is 0. The molecule has 0 bridgehead atoms. The van der Waals surface area contributed by atoms with Gasteiger partial charge in [-0.25, -0.2) is 9.97 Å². The standard InChI is InChI=1S/C22H25N5/c1-6-19-20(7-2)25-17(14-24-19)11-12-21-16(5)27(8-3)22(26-21)18-10-9-13-23-15(18)4/h6-7,9-10,13-14H,1-2,8,11-12H2,3-5H3. The Kier molecular flexibility index (Phi) is 5.60. The van der Waals surface area contributed by atoms with Crippen molar-refractivity contribution < 1.29 is 0 Å². The van der Waals surface area contributed by atoms with Crippen LogP contribution in [-0.2, 0) is 19.4 Å². The van der Waals surface area contributed by atoms with Crippen LogP contribution >= 0.6 is 0 Å². The van der Waals surface area contributed by atoms with Crippen molar-refractivity contribution in [3.63, 3.8) is 0 Å². The summed E-state index contributed by atoms with van der Waals surface area (Å²) in [6.07, 6.45) is 8.62. The lowest BCUT2D eigenvalue weighted by molar-refractivity contribution is 0.739. The molecule has 0 fully saturated rings. The third-order valence-corrected chi connectivity index (χ3v) is 4.77. The quantitative estimate of drug-likeness (QED) is 0.626. The minimum Gasteiger partial charge on any atom is -0.328 e. The smallest absolute Gasteiger partial charge is 0.142 e. The molecule has 0 aliphatic heterocycles. The average molecular weight is 359 g/mol. The topological polar surface area (TPSA) is 56.5 Å². The molecule has 3 heterocycles. The van der Waals surface area contributed by atoms with E-state index >= 15 is 0 Å². The maximum atomic E-state index is 4.94. The second kappa shape index (κ2) is 8.08. The van der Waals surface area contributed by atoms with Crippen molar-refractivity contribution in [2.24, 2.45) is 0 Å². The van der Waals surface area contributed by atoms with Gasteiger partial charge in [-0.2, -0.15) is 0 Å². The fourth-order valence-electron chi connectivity index (χ4n) is 3.26. The van der Waals surface area contributed by atoms with Crippen LogP contribution in [0.25, 0.3) is 23.5 Å². The predicted octanol–water partition coefficient (Wildman–Crippen LogP) is 4.44. The SMILES string of the molecule is C=Cc1ncc(CCc2nc(-c3cccnc3C)n(CC)c2C)nc1C=C. The molecule has 27 heavy (non-hydrogen) atoms. The molecule has 3 aromatic heterocycles. The van der Waals surface area contributed by atoms with Gasteiger partial charge in [-0.05, 0) is 57.9 Å². The van der Waals surface area contributed by atoms with E-state index in [1.807, 2.05) is 25.4 Å². The van der Waals surface area contributed by atoms with E-state index in [9.17, 15) is 0 Å². The van der Waals surface area contributed by atoms with Gasteiger partial charge in [0.2, 0.25) is 0 Å². The second-order valence-electron chi connectivity index (χ2n) is 6.39. The monoisotopic (exact) mass is 359 g/mol. The van der Waals surface area contributed by atoms with E-state index in [0.717, 1.165) is 59.2 Å². The first-order valence-electron chi connectivity index (χ1n) is 9.17. The van der Waals surface area contributed by atoms with E-state index in [1.54, 1.807) is 12.2 Å². The number of aromatic nitrogens is 5. The molecule has 0 aliphatic carbocycles.